The van der Waals surface area contributed by atoms with Crippen LogP contribution in [0.4, 0.5) is 0 Å². The van der Waals surface area contributed by atoms with Crippen molar-refractivity contribution >= 4 is 35.4 Å². The van der Waals surface area contributed by atoms with Crippen LogP contribution in [0, 0.1) is 0 Å². The maximum Gasteiger partial charge on any atom is 0.328 e. The summed E-state index contributed by atoms with van der Waals surface area (Å²) in [7, 11) is 0. The number of rotatable bonds is 12. The first-order valence-corrected chi connectivity index (χ1v) is 11.7. The van der Waals surface area contributed by atoms with Crippen LogP contribution >= 0.6 is 11.6 Å². The number of carboxylic acids is 1. The van der Waals surface area contributed by atoms with Crippen molar-refractivity contribution in [2.24, 2.45) is 0 Å². The first-order chi connectivity index (χ1) is 16.5. The van der Waals surface area contributed by atoms with E-state index in [0.717, 1.165) is 5.56 Å². The van der Waals surface area contributed by atoms with E-state index < -0.39 is 41.3 Å². The Labute approximate surface area is 210 Å². The van der Waals surface area contributed by atoms with Crippen LogP contribution in [-0.4, -0.2) is 47.6 Å². The number of halogens is 1. The molecular formula is C26H31ClN2O6. The van der Waals surface area contributed by atoms with Gasteiger partial charge in [-0.15, -0.1) is 0 Å². The summed E-state index contributed by atoms with van der Waals surface area (Å²) in [6, 6.07) is 13.8. The second-order valence-corrected chi connectivity index (χ2v) is 9.03. The molecule has 0 spiro atoms. The molecule has 0 aliphatic carbocycles. The van der Waals surface area contributed by atoms with E-state index in [2.05, 4.69) is 10.6 Å². The molecular weight excluding hydrogens is 472 g/mol. The molecule has 0 saturated carbocycles. The molecule has 188 valence electrons. The van der Waals surface area contributed by atoms with Crippen LogP contribution in [0.15, 0.2) is 54.6 Å². The number of amides is 2. The van der Waals surface area contributed by atoms with Gasteiger partial charge >= 0.3 is 11.9 Å². The van der Waals surface area contributed by atoms with Gasteiger partial charge in [0.25, 0.3) is 0 Å². The zero-order valence-corrected chi connectivity index (χ0v) is 20.8. The molecule has 9 heteroatoms. The van der Waals surface area contributed by atoms with E-state index in [4.69, 9.17) is 21.4 Å². The Kier molecular flexibility index (Phi) is 10.3. The Bertz CT molecular complexity index is 1020. The van der Waals surface area contributed by atoms with Gasteiger partial charge in [0.2, 0.25) is 11.8 Å². The summed E-state index contributed by atoms with van der Waals surface area (Å²) in [4.78, 5) is 49.9. The van der Waals surface area contributed by atoms with Gasteiger partial charge in [0.05, 0.1) is 12.0 Å². The van der Waals surface area contributed by atoms with Crippen molar-refractivity contribution in [1.82, 2.24) is 10.6 Å². The molecule has 0 aliphatic rings. The summed E-state index contributed by atoms with van der Waals surface area (Å²) in [5, 5.41) is 14.9. The summed E-state index contributed by atoms with van der Waals surface area (Å²) in [5.74, 6) is -2.84. The quantitative estimate of drug-likeness (QED) is 0.383. The standard InChI is InChI=1S/C26H31ClN2O6/c1-4-35-24(33)20(14-15-22(30)31)28-23(32)21(16-17-8-6-5-7-9-17)29-25(34)26(2,3)18-10-12-19(27)13-11-18/h5-13,20-21H,4,14-16H2,1-3H3,(H,28,32)(H,29,34)(H,30,31)/t20-,21+/m1/s1. The number of esters is 1. The lowest BCUT2D eigenvalue weighted by Crippen LogP contribution is -2.55. The highest BCUT2D eigenvalue weighted by molar-refractivity contribution is 6.30. The van der Waals surface area contributed by atoms with E-state index in [0.29, 0.717) is 10.6 Å². The van der Waals surface area contributed by atoms with Crippen LogP contribution in [-0.2, 0) is 35.8 Å². The highest BCUT2D eigenvalue weighted by atomic mass is 35.5. The zero-order chi connectivity index (χ0) is 26.0. The molecule has 0 aliphatic heterocycles. The minimum absolute atomic E-state index is 0.0811. The molecule has 2 atom stereocenters. The van der Waals surface area contributed by atoms with E-state index in [1.165, 1.54) is 0 Å². The van der Waals surface area contributed by atoms with Crippen molar-refractivity contribution in [3.63, 3.8) is 0 Å². The summed E-state index contributed by atoms with van der Waals surface area (Å²) >= 11 is 5.97. The Morgan fingerprint density at radius 3 is 2.17 bits per heavy atom. The Hall–Kier alpha value is -3.39. The molecule has 2 aromatic carbocycles. The van der Waals surface area contributed by atoms with E-state index >= 15 is 0 Å². The van der Waals surface area contributed by atoms with Gasteiger partial charge in [-0.1, -0.05) is 54.1 Å². The number of carbonyl (C=O) groups excluding carboxylic acids is 3. The van der Waals surface area contributed by atoms with Crippen molar-refractivity contribution in [3.8, 4) is 0 Å². The van der Waals surface area contributed by atoms with Crippen LogP contribution in [0.3, 0.4) is 0 Å². The van der Waals surface area contributed by atoms with Gasteiger partial charge in [0.15, 0.2) is 0 Å². The fourth-order valence-electron chi connectivity index (χ4n) is 3.43. The molecule has 0 fully saturated rings. The lowest BCUT2D eigenvalue weighted by Gasteiger charge is -2.28. The average molecular weight is 503 g/mol. The number of aliphatic carboxylic acids is 1. The number of carboxylic acid groups (broad SMARTS) is 1. The summed E-state index contributed by atoms with van der Waals surface area (Å²) < 4.78 is 4.99. The Morgan fingerprint density at radius 1 is 0.971 bits per heavy atom. The van der Waals surface area contributed by atoms with Crippen molar-refractivity contribution in [2.45, 2.75) is 57.5 Å². The zero-order valence-electron chi connectivity index (χ0n) is 20.0. The highest BCUT2D eigenvalue weighted by Gasteiger charge is 2.34. The molecule has 0 radical (unpaired) electrons. The number of ether oxygens (including phenoxy) is 1. The molecule has 2 aromatic rings. The van der Waals surface area contributed by atoms with Crippen molar-refractivity contribution in [2.75, 3.05) is 6.61 Å². The second kappa shape index (κ2) is 12.9. The fraction of sp³-hybridized carbons (Fsp3) is 0.385. The van der Waals surface area contributed by atoms with Gasteiger partial charge in [0, 0.05) is 17.9 Å². The summed E-state index contributed by atoms with van der Waals surface area (Å²) in [5.41, 5.74) is 0.531. The van der Waals surface area contributed by atoms with Gasteiger partial charge < -0.3 is 20.5 Å². The Balaban J connectivity index is 2.27. The molecule has 8 nitrogen and oxygen atoms in total. The van der Waals surface area contributed by atoms with Crippen LogP contribution in [0.1, 0.15) is 44.7 Å². The summed E-state index contributed by atoms with van der Waals surface area (Å²) in [6.07, 6.45) is -0.297. The molecule has 0 aromatic heterocycles. The van der Waals surface area contributed by atoms with Crippen molar-refractivity contribution < 1.29 is 29.0 Å². The van der Waals surface area contributed by atoms with Gasteiger partial charge in [-0.3, -0.25) is 14.4 Å². The lowest BCUT2D eigenvalue weighted by molar-refractivity contribution is -0.148. The van der Waals surface area contributed by atoms with Gasteiger partial charge in [-0.2, -0.15) is 0 Å². The monoisotopic (exact) mass is 502 g/mol. The fourth-order valence-corrected chi connectivity index (χ4v) is 3.55. The van der Waals surface area contributed by atoms with Gasteiger partial charge in [-0.25, -0.2) is 4.79 Å². The van der Waals surface area contributed by atoms with Gasteiger partial charge in [-0.05, 0) is 50.5 Å². The van der Waals surface area contributed by atoms with Crippen LogP contribution in [0.2, 0.25) is 5.02 Å². The predicted molar refractivity (Wildman–Crippen MR) is 132 cm³/mol. The molecule has 35 heavy (non-hydrogen) atoms. The molecule has 0 saturated heterocycles. The van der Waals surface area contributed by atoms with Crippen molar-refractivity contribution in [1.29, 1.82) is 0 Å². The summed E-state index contributed by atoms with van der Waals surface area (Å²) in [6.45, 7) is 5.16. The maximum absolute atomic E-state index is 13.3. The number of hydrogen-bond acceptors (Lipinski definition) is 5. The SMILES string of the molecule is CCOC(=O)[C@@H](CCC(=O)O)NC(=O)[C@H](Cc1ccccc1)NC(=O)C(C)(C)c1ccc(Cl)cc1. The first kappa shape index (κ1) is 27.9. The first-order valence-electron chi connectivity index (χ1n) is 11.3. The molecule has 2 amide bonds. The molecule has 0 bridgehead atoms. The maximum atomic E-state index is 13.3. The highest BCUT2D eigenvalue weighted by Crippen LogP contribution is 2.25. The number of benzene rings is 2. The number of nitrogens with one attached hydrogen (secondary N) is 2. The third-order valence-electron chi connectivity index (χ3n) is 5.57. The smallest absolute Gasteiger partial charge is 0.328 e. The molecule has 0 heterocycles. The lowest BCUT2D eigenvalue weighted by atomic mass is 9.83. The van der Waals surface area contributed by atoms with Gasteiger partial charge in [0.1, 0.15) is 12.1 Å². The normalized spacial score (nSPS) is 12.8. The van der Waals surface area contributed by atoms with Crippen LogP contribution in [0.5, 0.6) is 0 Å². The van der Waals surface area contributed by atoms with E-state index in [1.54, 1.807) is 45.0 Å². The van der Waals surface area contributed by atoms with E-state index in [9.17, 15) is 19.2 Å². The van der Waals surface area contributed by atoms with E-state index in [1.807, 2.05) is 30.3 Å². The minimum Gasteiger partial charge on any atom is -0.481 e. The van der Waals surface area contributed by atoms with Crippen LogP contribution in [0.25, 0.3) is 0 Å². The van der Waals surface area contributed by atoms with E-state index in [-0.39, 0.29) is 25.9 Å². The van der Waals surface area contributed by atoms with Crippen LogP contribution < -0.4 is 10.6 Å². The third kappa shape index (κ3) is 8.40. The van der Waals surface area contributed by atoms with Crippen molar-refractivity contribution in [3.05, 3.63) is 70.7 Å². The molecule has 3 N–H and O–H groups in total. The molecule has 0 unspecified atom stereocenters. The predicted octanol–water partition coefficient (Wildman–Crippen LogP) is 3.26. The third-order valence-corrected chi connectivity index (χ3v) is 5.82. The average Bonchev–Trinajstić information content (AvgIpc) is 2.82. The number of carbonyl (C=O) groups is 4. The Morgan fingerprint density at radius 2 is 1.60 bits per heavy atom. The number of hydrogen-bond donors (Lipinski definition) is 3. The second-order valence-electron chi connectivity index (χ2n) is 8.59. The topological polar surface area (TPSA) is 122 Å². The largest absolute Gasteiger partial charge is 0.481 e. The molecule has 2 rings (SSSR count). The minimum atomic E-state index is -1.15.